The molecular weight excluding hydrogens is 282 g/mol. The summed E-state index contributed by atoms with van der Waals surface area (Å²) in [6.45, 7) is 0. The van der Waals surface area contributed by atoms with Gasteiger partial charge in [-0.25, -0.2) is 0 Å². The van der Waals surface area contributed by atoms with Crippen LogP contribution >= 0.6 is 0 Å². The standard InChI is InChI=1S/C20H25N3/c21-20(22)23-18(12-11-16-7-3-1-4-8-16)13-14-19(23)15-17-9-5-2-6-10-17/h1-10,18-19H,11-15H2,(H3,21,22). The lowest BCUT2D eigenvalue weighted by atomic mass is 10.0. The quantitative estimate of drug-likeness (QED) is 0.655. The Kier molecular flexibility index (Phi) is 4.96. The van der Waals surface area contributed by atoms with Crippen LogP contribution in [0.5, 0.6) is 0 Å². The van der Waals surface area contributed by atoms with Gasteiger partial charge in [0.2, 0.25) is 0 Å². The number of benzene rings is 2. The summed E-state index contributed by atoms with van der Waals surface area (Å²) in [4.78, 5) is 2.15. The lowest BCUT2D eigenvalue weighted by Gasteiger charge is -2.31. The van der Waals surface area contributed by atoms with Gasteiger partial charge in [-0.1, -0.05) is 60.7 Å². The summed E-state index contributed by atoms with van der Waals surface area (Å²) < 4.78 is 0. The smallest absolute Gasteiger partial charge is 0.188 e. The van der Waals surface area contributed by atoms with Crippen molar-refractivity contribution in [1.82, 2.24) is 4.90 Å². The zero-order valence-electron chi connectivity index (χ0n) is 13.5. The number of likely N-dealkylation sites (tertiary alicyclic amines) is 1. The van der Waals surface area contributed by atoms with Gasteiger partial charge in [0.05, 0.1) is 0 Å². The zero-order valence-corrected chi connectivity index (χ0v) is 13.5. The van der Waals surface area contributed by atoms with Crippen LogP contribution in [0.4, 0.5) is 0 Å². The van der Waals surface area contributed by atoms with Gasteiger partial charge in [-0.05, 0) is 43.2 Å². The van der Waals surface area contributed by atoms with E-state index in [1.165, 1.54) is 11.1 Å². The summed E-state index contributed by atoms with van der Waals surface area (Å²) in [5.41, 5.74) is 8.60. The fourth-order valence-corrected chi connectivity index (χ4v) is 3.70. The maximum Gasteiger partial charge on any atom is 0.188 e. The highest BCUT2D eigenvalue weighted by atomic mass is 15.3. The van der Waals surface area contributed by atoms with Crippen LogP contribution in [0.2, 0.25) is 0 Å². The van der Waals surface area contributed by atoms with Crippen LogP contribution in [0.1, 0.15) is 30.4 Å². The molecule has 1 heterocycles. The molecule has 2 aromatic rings. The van der Waals surface area contributed by atoms with Gasteiger partial charge in [-0.15, -0.1) is 0 Å². The van der Waals surface area contributed by atoms with Gasteiger partial charge in [0.25, 0.3) is 0 Å². The molecule has 0 saturated carbocycles. The predicted octanol–water partition coefficient (Wildman–Crippen LogP) is 3.59. The molecule has 120 valence electrons. The molecule has 0 radical (unpaired) electrons. The van der Waals surface area contributed by atoms with E-state index in [-0.39, 0.29) is 5.96 Å². The summed E-state index contributed by atoms with van der Waals surface area (Å²) in [6.07, 6.45) is 5.34. The summed E-state index contributed by atoms with van der Waals surface area (Å²) in [7, 11) is 0. The second-order valence-electron chi connectivity index (χ2n) is 6.39. The van der Waals surface area contributed by atoms with E-state index in [1.54, 1.807) is 0 Å². The highest BCUT2D eigenvalue weighted by Crippen LogP contribution is 2.29. The Morgan fingerprint density at radius 1 is 0.913 bits per heavy atom. The third kappa shape index (κ3) is 3.92. The molecule has 3 nitrogen and oxygen atoms in total. The SMILES string of the molecule is N=C(N)N1C(CCc2ccccc2)CCC1Cc1ccccc1. The number of hydrogen-bond acceptors (Lipinski definition) is 1. The first kappa shape index (κ1) is 15.6. The van der Waals surface area contributed by atoms with Crippen molar-refractivity contribution in [3.63, 3.8) is 0 Å². The van der Waals surface area contributed by atoms with E-state index in [1.807, 2.05) is 6.07 Å². The van der Waals surface area contributed by atoms with E-state index >= 15 is 0 Å². The maximum absolute atomic E-state index is 8.01. The van der Waals surface area contributed by atoms with Crippen molar-refractivity contribution in [2.75, 3.05) is 0 Å². The molecule has 0 aromatic heterocycles. The van der Waals surface area contributed by atoms with Gasteiger partial charge >= 0.3 is 0 Å². The highest BCUT2D eigenvalue weighted by molar-refractivity contribution is 5.75. The van der Waals surface area contributed by atoms with Crippen molar-refractivity contribution < 1.29 is 0 Å². The fraction of sp³-hybridized carbons (Fsp3) is 0.350. The van der Waals surface area contributed by atoms with Gasteiger partial charge in [0.15, 0.2) is 5.96 Å². The molecule has 1 fully saturated rings. The van der Waals surface area contributed by atoms with Gasteiger partial charge in [0.1, 0.15) is 0 Å². The van der Waals surface area contributed by atoms with E-state index in [9.17, 15) is 0 Å². The molecule has 0 aliphatic carbocycles. The minimum atomic E-state index is 0.224. The lowest BCUT2D eigenvalue weighted by Crippen LogP contribution is -2.46. The number of hydrogen-bond donors (Lipinski definition) is 2. The molecule has 2 atom stereocenters. The Morgan fingerprint density at radius 3 is 2.09 bits per heavy atom. The molecule has 0 amide bonds. The molecule has 1 aliphatic heterocycles. The van der Waals surface area contributed by atoms with Crippen LogP contribution in [0.25, 0.3) is 0 Å². The van der Waals surface area contributed by atoms with Gasteiger partial charge in [0, 0.05) is 12.1 Å². The summed E-state index contributed by atoms with van der Waals surface area (Å²) in [6, 6.07) is 21.9. The predicted molar refractivity (Wildman–Crippen MR) is 95.5 cm³/mol. The average molecular weight is 307 g/mol. The molecular formula is C20H25N3. The average Bonchev–Trinajstić information content (AvgIpc) is 2.98. The molecule has 1 saturated heterocycles. The normalized spacial score (nSPS) is 20.6. The third-order valence-corrected chi connectivity index (χ3v) is 4.82. The van der Waals surface area contributed by atoms with Crippen LogP contribution in [0, 0.1) is 5.41 Å². The summed E-state index contributed by atoms with van der Waals surface area (Å²) >= 11 is 0. The second-order valence-corrected chi connectivity index (χ2v) is 6.39. The molecule has 23 heavy (non-hydrogen) atoms. The van der Waals surface area contributed by atoms with Crippen molar-refractivity contribution in [1.29, 1.82) is 5.41 Å². The highest BCUT2D eigenvalue weighted by Gasteiger charge is 2.33. The van der Waals surface area contributed by atoms with E-state index in [0.717, 1.165) is 32.1 Å². The first-order chi connectivity index (χ1) is 11.2. The van der Waals surface area contributed by atoms with Crippen molar-refractivity contribution in [2.24, 2.45) is 5.73 Å². The largest absolute Gasteiger partial charge is 0.370 e. The zero-order chi connectivity index (χ0) is 16.1. The van der Waals surface area contributed by atoms with Crippen molar-refractivity contribution in [3.8, 4) is 0 Å². The van der Waals surface area contributed by atoms with Gasteiger partial charge in [-0.3, -0.25) is 5.41 Å². The first-order valence-corrected chi connectivity index (χ1v) is 8.44. The minimum absolute atomic E-state index is 0.224. The molecule has 3 rings (SSSR count). The van der Waals surface area contributed by atoms with Crippen LogP contribution in [0.15, 0.2) is 60.7 Å². The molecule has 3 N–H and O–H groups in total. The Bertz CT molecular complexity index is 624. The van der Waals surface area contributed by atoms with Crippen LogP contribution in [0.3, 0.4) is 0 Å². The molecule has 1 aliphatic rings. The Balaban J connectivity index is 1.64. The summed E-state index contributed by atoms with van der Waals surface area (Å²) in [5.74, 6) is 0.224. The monoisotopic (exact) mass is 307 g/mol. The van der Waals surface area contributed by atoms with E-state index in [2.05, 4.69) is 59.5 Å². The van der Waals surface area contributed by atoms with Crippen molar-refractivity contribution >= 4 is 5.96 Å². The molecule has 2 unspecified atom stereocenters. The van der Waals surface area contributed by atoms with Crippen LogP contribution < -0.4 is 5.73 Å². The Labute approximate surface area is 138 Å². The van der Waals surface area contributed by atoms with Crippen LogP contribution in [-0.2, 0) is 12.8 Å². The number of nitrogens with zero attached hydrogens (tertiary/aromatic N) is 1. The Morgan fingerprint density at radius 2 is 1.48 bits per heavy atom. The van der Waals surface area contributed by atoms with E-state index < -0.39 is 0 Å². The van der Waals surface area contributed by atoms with Crippen molar-refractivity contribution in [3.05, 3.63) is 71.8 Å². The lowest BCUT2D eigenvalue weighted by molar-refractivity contribution is 0.294. The van der Waals surface area contributed by atoms with Gasteiger partial charge < -0.3 is 10.6 Å². The Hall–Kier alpha value is -2.29. The van der Waals surface area contributed by atoms with Crippen LogP contribution in [-0.4, -0.2) is 22.9 Å². The number of aryl methyl sites for hydroxylation is 1. The molecule has 3 heteroatoms. The second kappa shape index (κ2) is 7.32. The number of nitrogens with one attached hydrogen (secondary N) is 1. The topological polar surface area (TPSA) is 53.1 Å². The first-order valence-electron chi connectivity index (χ1n) is 8.44. The van der Waals surface area contributed by atoms with Gasteiger partial charge in [-0.2, -0.15) is 0 Å². The minimum Gasteiger partial charge on any atom is -0.370 e. The summed E-state index contributed by atoms with van der Waals surface area (Å²) in [5, 5.41) is 8.01. The van der Waals surface area contributed by atoms with Crippen molar-refractivity contribution in [2.45, 2.75) is 44.2 Å². The molecule has 2 aromatic carbocycles. The van der Waals surface area contributed by atoms with E-state index in [4.69, 9.17) is 11.1 Å². The number of rotatable bonds is 5. The number of nitrogens with two attached hydrogens (primary N) is 1. The molecule has 0 bridgehead atoms. The maximum atomic E-state index is 8.01. The fourth-order valence-electron chi connectivity index (χ4n) is 3.70. The number of guanidine groups is 1. The third-order valence-electron chi connectivity index (χ3n) is 4.82. The molecule has 0 spiro atoms. The van der Waals surface area contributed by atoms with E-state index in [0.29, 0.717) is 12.1 Å².